The number of halogens is 1. The summed E-state index contributed by atoms with van der Waals surface area (Å²) in [5.41, 5.74) is 4.65. The highest BCUT2D eigenvalue weighted by atomic mass is 79.9. The van der Waals surface area contributed by atoms with Gasteiger partial charge in [-0.2, -0.15) is 5.10 Å². The second-order valence-electron chi connectivity index (χ2n) is 6.29. The van der Waals surface area contributed by atoms with Crippen LogP contribution < -0.4 is 5.32 Å². The number of aromatic nitrogens is 3. The number of nitrogens with one attached hydrogen (secondary N) is 1. The zero-order valence-electron chi connectivity index (χ0n) is 15.3. The van der Waals surface area contributed by atoms with Crippen molar-refractivity contribution in [2.75, 3.05) is 5.32 Å². The third-order valence-electron chi connectivity index (χ3n) is 4.40. The minimum absolute atomic E-state index is 0.0636. The van der Waals surface area contributed by atoms with E-state index in [2.05, 4.69) is 31.5 Å². The summed E-state index contributed by atoms with van der Waals surface area (Å²) in [4.78, 5) is 12.5. The first kappa shape index (κ1) is 18.4. The lowest BCUT2D eigenvalue weighted by atomic mass is 10.1. The Kier molecular flexibility index (Phi) is 5.27. The summed E-state index contributed by atoms with van der Waals surface area (Å²) in [6.45, 7) is 5.69. The molecule has 7 heteroatoms. The van der Waals surface area contributed by atoms with E-state index in [1.54, 1.807) is 4.68 Å². The molecule has 2 heterocycles. The average molecular weight is 417 g/mol. The number of hydrogen-bond acceptors (Lipinski definition) is 4. The Morgan fingerprint density at radius 3 is 2.50 bits per heavy atom. The van der Waals surface area contributed by atoms with Crippen LogP contribution in [-0.4, -0.2) is 20.8 Å². The quantitative estimate of drug-likeness (QED) is 0.671. The molecule has 136 valence electrons. The monoisotopic (exact) mass is 416 g/mol. The molecule has 1 N–H and O–H groups in total. The van der Waals surface area contributed by atoms with Crippen molar-refractivity contribution >= 4 is 27.7 Å². The largest absolute Gasteiger partial charge is 0.361 e. The van der Waals surface area contributed by atoms with Crippen molar-refractivity contribution in [1.29, 1.82) is 0 Å². The molecule has 6 nitrogen and oxygen atoms in total. The molecule has 0 bridgehead atoms. The molecule has 0 unspecified atom stereocenters. The van der Waals surface area contributed by atoms with Crippen molar-refractivity contribution in [1.82, 2.24) is 14.9 Å². The maximum absolute atomic E-state index is 12.5. The van der Waals surface area contributed by atoms with Crippen molar-refractivity contribution in [2.24, 2.45) is 7.05 Å². The van der Waals surface area contributed by atoms with E-state index in [1.807, 2.05) is 52.1 Å². The van der Waals surface area contributed by atoms with Gasteiger partial charge in [0, 0.05) is 29.1 Å². The van der Waals surface area contributed by atoms with Crippen LogP contribution in [0.4, 0.5) is 5.82 Å². The topological polar surface area (TPSA) is 73.0 Å². The van der Waals surface area contributed by atoms with Crippen LogP contribution in [0.1, 0.15) is 29.1 Å². The molecule has 2 aromatic heterocycles. The second kappa shape index (κ2) is 7.45. The Hall–Kier alpha value is -2.41. The van der Waals surface area contributed by atoms with E-state index in [9.17, 15) is 4.79 Å². The zero-order valence-corrected chi connectivity index (χ0v) is 16.8. The minimum Gasteiger partial charge on any atom is -0.361 e. The molecule has 3 rings (SSSR count). The van der Waals surface area contributed by atoms with E-state index in [4.69, 9.17) is 4.52 Å². The van der Waals surface area contributed by atoms with E-state index in [0.29, 0.717) is 18.7 Å². The summed E-state index contributed by atoms with van der Waals surface area (Å²) in [5.74, 6) is 1.40. The molecular formula is C19H21BrN4O2. The van der Waals surface area contributed by atoms with Gasteiger partial charge in [-0.25, -0.2) is 0 Å². The van der Waals surface area contributed by atoms with Gasteiger partial charge in [0.05, 0.1) is 11.4 Å². The third kappa shape index (κ3) is 3.72. The Balaban J connectivity index is 1.79. The van der Waals surface area contributed by atoms with E-state index in [-0.39, 0.29) is 5.91 Å². The van der Waals surface area contributed by atoms with Gasteiger partial charge in [0.2, 0.25) is 5.91 Å². The number of carbonyl (C=O) groups excluding carboxylic acids is 1. The molecule has 0 aliphatic heterocycles. The number of anilines is 1. The Morgan fingerprint density at radius 1 is 1.19 bits per heavy atom. The molecule has 0 atom stereocenters. The summed E-state index contributed by atoms with van der Waals surface area (Å²) in [5, 5.41) is 11.4. The Bertz CT molecular complexity index is 922. The number of nitrogens with zero attached hydrogens (tertiary/aromatic N) is 3. The highest BCUT2D eigenvalue weighted by Gasteiger charge is 2.18. The van der Waals surface area contributed by atoms with E-state index in [1.165, 1.54) is 0 Å². The van der Waals surface area contributed by atoms with Gasteiger partial charge >= 0.3 is 0 Å². The fourth-order valence-electron chi connectivity index (χ4n) is 3.06. The average Bonchev–Trinajstić information content (AvgIpc) is 3.05. The number of amides is 1. The van der Waals surface area contributed by atoms with Gasteiger partial charge in [-0.3, -0.25) is 9.48 Å². The summed E-state index contributed by atoms with van der Waals surface area (Å²) in [7, 11) is 1.83. The first-order chi connectivity index (χ1) is 12.4. The maximum Gasteiger partial charge on any atom is 0.225 e. The number of aryl methyl sites for hydroxylation is 4. The molecule has 1 amide bonds. The predicted molar refractivity (Wildman–Crippen MR) is 104 cm³/mol. The van der Waals surface area contributed by atoms with E-state index >= 15 is 0 Å². The van der Waals surface area contributed by atoms with E-state index < -0.39 is 0 Å². The molecule has 0 radical (unpaired) electrons. The molecule has 0 saturated carbocycles. The van der Waals surface area contributed by atoms with Gasteiger partial charge < -0.3 is 9.84 Å². The van der Waals surface area contributed by atoms with Crippen molar-refractivity contribution in [3.63, 3.8) is 0 Å². The fraction of sp³-hybridized carbons (Fsp3) is 0.316. The third-order valence-corrected chi connectivity index (χ3v) is 4.92. The number of rotatable bonds is 5. The van der Waals surface area contributed by atoms with Crippen LogP contribution in [0.3, 0.4) is 0 Å². The summed E-state index contributed by atoms with van der Waals surface area (Å²) in [6.07, 6.45) is 0.949. The van der Waals surface area contributed by atoms with Crippen molar-refractivity contribution < 1.29 is 9.32 Å². The normalized spacial score (nSPS) is 11.0. The molecule has 0 spiro atoms. The molecule has 0 fully saturated rings. The molecule has 3 aromatic rings. The molecule has 0 aliphatic carbocycles. The van der Waals surface area contributed by atoms with Crippen LogP contribution in [0.25, 0.3) is 11.1 Å². The SMILES string of the molecule is Cc1noc(C)c1CCC(=O)Nc1c(-c2ccc(Br)cc2)c(C)nn1C. The van der Waals surface area contributed by atoms with Crippen LogP contribution in [-0.2, 0) is 18.3 Å². The van der Waals surface area contributed by atoms with Crippen molar-refractivity contribution in [2.45, 2.75) is 33.6 Å². The summed E-state index contributed by atoms with van der Waals surface area (Å²) >= 11 is 3.45. The second-order valence-corrected chi connectivity index (χ2v) is 7.21. The Morgan fingerprint density at radius 2 is 1.88 bits per heavy atom. The molecule has 0 aliphatic rings. The highest BCUT2D eigenvalue weighted by Crippen LogP contribution is 2.32. The maximum atomic E-state index is 12.5. The van der Waals surface area contributed by atoms with Gasteiger partial charge in [-0.15, -0.1) is 0 Å². The van der Waals surface area contributed by atoms with Gasteiger partial charge in [0.25, 0.3) is 0 Å². The molecule has 26 heavy (non-hydrogen) atoms. The number of carbonyl (C=O) groups is 1. The minimum atomic E-state index is -0.0636. The summed E-state index contributed by atoms with van der Waals surface area (Å²) in [6, 6.07) is 7.97. The number of benzene rings is 1. The first-order valence-electron chi connectivity index (χ1n) is 8.38. The smallest absolute Gasteiger partial charge is 0.225 e. The van der Waals surface area contributed by atoms with Gasteiger partial charge in [-0.05, 0) is 44.9 Å². The first-order valence-corrected chi connectivity index (χ1v) is 9.17. The van der Waals surface area contributed by atoms with Crippen molar-refractivity contribution in [3.05, 3.63) is 51.4 Å². The van der Waals surface area contributed by atoms with Crippen LogP contribution in [0.2, 0.25) is 0 Å². The van der Waals surface area contributed by atoms with Gasteiger partial charge in [0.15, 0.2) is 0 Å². The van der Waals surface area contributed by atoms with Gasteiger partial charge in [0.1, 0.15) is 11.6 Å². The Labute approximate surface area is 160 Å². The lowest BCUT2D eigenvalue weighted by molar-refractivity contribution is -0.116. The molecule has 1 aromatic carbocycles. The van der Waals surface area contributed by atoms with Crippen LogP contribution in [0.5, 0.6) is 0 Å². The van der Waals surface area contributed by atoms with Crippen molar-refractivity contribution in [3.8, 4) is 11.1 Å². The summed E-state index contributed by atoms with van der Waals surface area (Å²) < 4.78 is 7.87. The van der Waals surface area contributed by atoms with E-state index in [0.717, 1.165) is 38.3 Å². The standard InChI is InChI=1S/C19H21BrN4O2/c1-11-16(13(3)26-23-11)9-10-17(25)21-19-18(12(2)22-24(19)4)14-5-7-15(20)8-6-14/h5-8H,9-10H2,1-4H3,(H,21,25). The molecular weight excluding hydrogens is 396 g/mol. The fourth-order valence-corrected chi connectivity index (χ4v) is 3.32. The molecule has 0 saturated heterocycles. The number of hydrogen-bond donors (Lipinski definition) is 1. The van der Waals surface area contributed by atoms with Crippen LogP contribution in [0, 0.1) is 20.8 Å². The van der Waals surface area contributed by atoms with Crippen LogP contribution in [0.15, 0.2) is 33.3 Å². The zero-order chi connectivity index (χ0) is 18.8. The highest BCUT2D eigenvalue weighted by molar-refractivity contribution is 9.10. The van der Waals surface area contributed by atoms with Crippen LogP contribution >= 0.6 is 15.9 Å². The van der Waals surface area contributed by atoms with Gasteiger partial charge in [-0.1, -0.05) is 33.2 Å². The lowest BCUT2D eigenvalue weighted by Gasteiger charge is -2.09. The lowest BCUT2D eigenvalue weighted by Crippen LogP contribution is -2.15. The predicted octanol–water partition coefficient (Wildman–Crippen LogP) is 4.33.